The zero-order chi connectivity index (χ0) is 29.1. The average Bonchev–Trinajstić information content (AvgIpc) is 3.68. The smallest absolute Gasteiger partial charge is 0.333 e. The van der Waals surface area contributed by atoms with Crippen LogP contribution in [0.4, 0.5) is 0 Å². The Morgan fingerprint density at radius 3 is 2.48 bits per heavy atom. The maximum absolute atomic E-state index is 11.9. The molecule has 13 heteroatoms. The summed E-state index contributed by atoms with van der Waals surface area (Å²) in [4.78, 5) is 11.9. The molecule has 4 fully saturated rings. The molecule has 2 aliphatic carbocycles. The maximum Gasteiger partial charge on any atom is 0.333 e. The van der Waals surface area contributed by atoms with Crippen LogP contribution in [0.5, 0.6) is 0 Å². The van der Waals surface area contributed by atoms with Crippen molar-refractivity contribution in [2.75, 3.05) is 20.0 Å². The van der Waals surface area contributed by atoms with Crippen molar-refractivity contribution in [3.63, 3.8) is 0 Å². The van der Waals surface area contributed by atoms with E-state index in [4.69, 9.17) is 28.4 Å². The molecule has 40 heavy (non-hydrogen) atoms. The molecular formula is C27H46O13. The molecule has 15 atom stereocenters. The molecule has 0 bridgehead atoms. The third-order valence-electron chi connectivity index (χ3n) is 8.86. The largest absolute Gasteiger partial charge is 0.479 e. The first-order chi connectivity index (χ1) is 19.1. The fourth-order valence-corrected chi connectivity index (χ4v) is 6.16. The summed E-state index contributed by atoms with van der Waals surface area (Å²) in [7, 11) is 0. The molecule has 0 radical (unpaired) electrons. The Morgan fingerprint density at radius 2 is 1.82 bits per heavy atom. The number of hydrogen-bond acceptors (Lipinski definition) is 12. The van der Waals surface area contributed by atoms with Crippen LogP contribution >= 0.6 is 0 Å². The van der Waals surface area contributed by atoms with Crippen molar-refractivity contribution < 1.29 is 63.9 Å². The Hall–Kier alpha value is -0.970. The van der Waals surface area contributed by atoms with E-state index in [9.17, 15) is 35.4 Å². The van der Waals surface area contributed by atoms with Gasteiger partial charge in [-0.15, -0.1) is 0 Å². The maximum atomic E-state index is 11.9. The highest BCUT2D eigenvalue weighted by Crippen LogP contribution is 2.46. The molecule has 2 heterocycles. The van der Waals surface area contributed by atoms with Gasteiger partial charge in [-0.1, -0.05) is 19.8 Å². The number of aliphatic carboxylic acids is 1. The SMILES string of the molecule is CCC1CCCC(OC2OC(CO)C(O)C3OC(C(=O)O)C4CC4COC23)C1OCOC(C)C(O)C(O)C(C)O. The number of carboxylic acid groups (broad SMARTS) is 1. The van der Waals surface area contributed by atoms with Gasteiger partial charge in [0.1, 0.15) is 43.4 Å². The first-order valence-corrected chi connectivity index (χ1v) is 14.4. The number of carbonyl (C=O) groups is 1. The van der Waals surface area contributed by atoms with E-state index < -0.39 is 86.0 Å². The fourth-order valence-electron chi connectivity index (χ4n) is 6.16. The van der Waals surface area contributed by atoms with Gasteiger partial charge >= 0.3 is 5.97 Å². The molecule has 2 saturated carbocycles. The van der Waals surface area contributed by atoms with Gasteiger partial charge < -0.3 is 59.1 Å². The summed E-state index contributed by atoms with van der Waals surface area (Å²) in [6.07, 6.45) is -8.14. The van der Waals surface area contributed by atoms with Crippen molar-refractivity contribution >= 4 is 5.97 Å². The summed E-state index contributed by atoms with van der Waals surface area (Å²) in [5, 5.41) is 60.3. The second kappa shape index (κ2) is 14.0. The van der Waals surface area contributed by atoms with E-state index in [-0.39, 0.29) is 31.2 Å². The van der Waals surface area contributed by atoms with E-state index in [0.717, 1.165) is 19.3 Å². The Kier molecular flexibility index (Phi) is 11.2. The molecule has 0 amide bonds. The van der Waals surface area contributed by atoms with Crippen LogP contribution in [0.3, 0.4) is 0 Å². The highest BCUT2D eigenvalue weighted by Gasteiger charge is 2.56. The molecule has 0 spiro atoms. The predicted octanol–water partition coefficient (Wildman–Crippen LogP) is -0.616. The summed E-state index contributed by atoms with van der Waals surface area (Å²) in [5.74, 6) is -1.13. The van der Waals surface area contributed by atoms with E-state index in [0.29, 0.717) is 12.8 Å². The van der Waals surface area contributed by atoms with Crippen molar-refractivity contribution in [1.82, 2.24) is 0 Å². The van der Waals surface area contributed by atoms with E-state index in [1.165, 1.54) is 6.92 Å². The van der Waals surface area contributed by atoms with Gasteiger partial charge in [-0.05, 0) is 44.9 Å². The molecule has 232 valence electrons. The van der Waals surface area contributed by atoms with Crippen LogP contribution < -0.4 is 0 Å². The van der Waals surface area contributed by atoms with Crippen LogP contribution in [-0.2, 0) is 33.2 Å². The normalized spacial score (nSPS) is 42.9. The molecule has 0 aromatic heterocycles. The summed E-state index contributed by atoms with van der Waals surface area (Å²) < 4.78 is 36.2. The summed E-state index contributed by atoms with van der Waals surface area (Å²) in [5.41, 5.74) is 0. The molecule has 2 aliphatic heterocycles. The first kappa shape index (κ1) is 32.0. The zero-order valence-corrected chi connectivity index (χ0v) is 23.4. The van der Waals surface area contributed by atoms with Crippen LogP contribution in [0.1, 0.15) is 52.9 Å². The minimum absolute atomic E-state index is 0.0347. The minimum Gasteiger partial charge on any atom is -0.479 e. The standard InChI is InChI=1S/C27H46O13/c1-4-14-6-5-7-17(22(14)37-11-36-13(3)20(31)19(30)12(2)29)38-27-25-24(21(32)18(9-28)39-27)40-23(26(33)34)16-8-15(16)10-35-25/h12-25,27-32H,4-11H2,1-3H3,(H,33,34). The monoisotopic (exact) mass is 578 g/mol. The molecule has 13 nitrogen and oxygen atoms in total. The molecule has 15 unspecified atom stereocenters. The highest BCUT2D eigenvalue weighted by atomic mass is 16.7. The van der Waals surface area contributed by atoms with Crippen molar-refractivity contribution in [1.29, 1.82) is 0 Å². The van der Waals surface area contributed by atoms with E-state index in [2.05, 4.69) is 0 Å². The molecule has 2 saturated heterocycles. The second-order valence-corrected chi connectivity index (χ2v) is 11.6. The van der Waals surface area contributed by atoms with Gasteiger partial charge in [0.15, 0.2) is 12.4 Å². The Balaban J connectivity index is 1.45. The van der Waals surface area contributed by atoms with Crippen molar-refractivity contribution in [2.45, 2.75) is 126 Å². The van der Waals surface area contributed by atoms with E-state index in [1.807, 2.05) is 6.92 Å². The van der Waals surface area contributed by atoms with Crippen LogP contribution in [0.25, 0.3) is 0 Å². The number of fused-ring (bicyclic) bond motifs is 2. The van der Waals surface area contributed by atoms with Gasteiger partial charge in [0.05, 0.1) is 37.6 Å². The summed E-state index contributed by atoms with van der Waals surface area (Å²) in [6.45, 7) is 4.57. The predicted molar refractivity (Wildman–Crippen MR) is 136 cm³/mol. The van der Waals surface area contributed by atoms with Crippen LogP contribution in [-0.4, -0.2) is 130 Å². The molecule has 0 aromatic rings. The van der Waals surface area contributed by atoms with Gasteiger partial charge in [0.25, 0.3) is 0 Å². The topological polar surface area (TPSA) is 194 Å². The van der Waals surface area contributed by atoms with E-state index in [1.54, 1.807) is 6.92 Å². The molecular weight excluding hydrogens is 532 g/mol. The third-order valence-corrected chi connectivity index (χ3v) is 8.86. The Bertz CT molecular complexity index is 813. The minimum atomic E-state index is -1.37. The van der Waals surface area contributed by atoms with Gasteiger partial charge in [0.2, 0.25) is 0 Å². The number of hydrogen-bond donors (Lipinski definition) is 6. The van der Waals surface area contributed by atoms with Crippen LogP contribution in [0.15, 0.2) is 0 Å². The Morgan fingerprint density at radius 1 is 1.07 bits per heavy atom. The third kappa shape index (κ3) is 7.14. The van der Waals surface area contributed by atoms with Gasteiger partial charge in [0, 0.05) is 5.92 Å². The quantitative estimate of drug-likeness (QED) is 0.161. The van der Waals surface area contributed by atoms with Crippen LogP contribution in [0, 0.1) is 17.8 Å². The number of aliphatic hydroxyl groups is 5. The lowest BCUT2D eigenvalue weighted by Gasteiger charge is -2.47. The molecule has 6 N–H and O–H groups in total. The highest BCUT2D eigenvalue weighted by molar-refractivity contribution is 5.73. The van der Waals surface area contributed by atoms with Gasteiger partial charge in [-0.3, -0.25) is 0 Å². The molecule has 0 aromatic carbocycles. The number of rotatable bonds is 12. The van der Waals surface area contributed by atoms with Gasteiger partial charge in [-0.2, -0.15) is 0 Å². The number of ether oxygens (including phenoxy) is 6. The Labute approximate surface area is 234 Å². The van der Waals surface area contributed by atoms with Crippen LogP contribution in [0.2, 0.25) is 0 Å². The number of aliphatic hydroxyl groups excluding tert-OH is 5. The fraction of sp³-hybridized carbons (Fsp3) is 0.963. The van der Waals surface area contributed by atoms with Crippen molar-refractivity contribution in [3.8, 4) is 0 Å². The summed E-state index contributed by atoms with van der Waals surface area (Å²) in [6, 6.07) is 0. The van der Waals surface area contributed by atoms with Crippen molar-refractivity contribution in [2.24, 2.45) is 17.8 Å². The van der Waals surface area contributed by atoms with E-state index >= 15 is 0 Å². The lowest BCUT2D eigenvalue weighted by Crippen LogP contribution is -2.63. The lowest BCUT2D eigenvalue weighted by atomic mass is 9.82. The molecule has 4 aliphatic rings. The number of carboxylic acids is 1. The first-order valence-electron chi connectivity index (χ1n) is 14.4. The average molecular weight is 579 g/mol. The summed E-state index contributed by atoms with van der Waals surface area (Å²) >= 11 is 0. The van der Waals surface area contributed by atoms with Crippen molar-refractivity contribution in [3.05, 3.63) is 0 Å². The lowest BCUT2D eigenvalue weighted by molar-refractivity contribution is -0.343. The zero-order valence-electron chi connectivity index (χ0n) is 23.4. The van der Waals surface area contributed by atoms with Gasteiger partial charge in [-0.25, -0.2) is 4.79 Å². The molecule has 4 rings (SSSR count). The second-order valence-electron chi connectivity index (χ2n) is 11.6.